The lowest BCUT2D eigenvalue weighted by Gasteiger charge is -2.37. The zero-order chi connectivity index (χ0) is 18.2. The van der Waals surface area contributed by atoms with E-state index in [2.05, 4.69) is 0 Å². The van der Waals surface area contributed by atoms with Crippen molar-refractivity contribution in [1.82, 2.24) is 4.31 Å². The van der Waals surface area contributed by atoms with Crippen LogP contribution in [0.25, 0.3) is 0 Å². The summed E-state index contributed by atoms with van der Waals surface area (Å²) in [7, 11) is -0.549. The quantitative estimate of drug-likeness (QED) is 0.809. The predicted molar refractivity (Wildman–Crippen MR) is 102 cm³/mol. The van der Waals surface area contributed by atoms with Gasteiger partial charge in [0.2, 0.25) is 15.9 Å². The summed E-state index contributed by atoms with van der Waals surface area (Å²) in [6, 6.07) is 5.02. The van der Waals surface area contributed by atoms with Gasteiger partial charge in [-0.05, 0) is 37.0 Å². The highest BCUT2D eigenvalue weighted by atomic mass is 35.5. The number of rotatable bonds is 4. The Morgan fingerprint density at radius 2 is 1.96 bits per heavy atom. The Kier molecular flexibility index (Phi) is 6.35. The van der Waals surface area contributed by atoms with Crippen molar-refractivity contribution in [3.05, 3.63) is 23.8 Å². The monoisotopic (exact) mass is 403 g/mol. The van der Waals surface area contributed by atoms with E-state index in [1.165, 1.54) is 18.4 Å². The predicted octanol–water partition coefficient (Wildman–Crippen LogP) is 1.00. The van der Waals surface area contributed by atoms with Crippen molar-refractivity contribution in [3.63, 3.8) is 0 Å². The summed E-state index contributed by atoms with van der Waals surface area (Å²) < 4.78 is 31.4. The van der Waals surface area contributed by atoms with Crippen LogP contribution in [0.1, 0.15) is 18.4 Å². The summed E-state index contributed by atoms with van der Waals surface area (Å²) in [5, 5.41) is 0. The fourth-order valence-corrected chi connectivity index (χ4v) is 4.42. The van der Waals surface area contributed by atoms with Gasteiger partial charge in [0.15, 0.2) is 0 Å². The molecule has 0 radical (unpaired) electrons. The average Bonchev–Trinajstić information content (AvgIpc) is 3.04. The molecule has 1 amide bonds. The van der Waals surface area contributed by atoms with Crippen molar-refractivity contribution in [2.24, 2.45) is 11.1 Å². The molecule has 9 heteroatoms. The van der Waals surface area contributed by atoms with Gasteiger partial charge in [-0.25, -0.2) is 12.7 Å². The van der Waals surface area contributed by atoms with E-state index in [0.29, 0.717) is 38.3 Å². The van der Waals surface area contributed by atoms with Gasteiger partial charge in [-0.1, -0.05) is 6.07 Å². The number of anilines is 1. The largest absolute Gasteiger partial charge is 0.381 e. The number of nitrogens with zero attached hydrogens (tertiary/aromatic N) is 2. The third-order valence-electron chi connectivity index (χ3n) is 5.27. The van der Waals surface area contributed by atoms with E-state index < -0.39 is 15.4 Å². The van der Waals surface area contributed by atoms with Gasteiger partial charge < -0.3 is 15.4 Å². The molecule has 0 unspecified atom stereocenters. The zero-order valence-corrected chi connectivity index (χ0v) is 16.7. The van der Waals surface area contributed by atoms with Gasteiger partial charge in [0.1, 0.15) is 0 Å². The Morgan fingerprint density at radius 3 is 2.54 bits per heavy atom. The van der Waals surface area contributed by atoms with Gasteiger partial charge in [0.05, 0.1) is 10.3 Å². The zero-order valence-electron chi connectivity index (χ0n) is 15.1. The number of fused-ring (bicyclic) bond motifs is 1. The van der Waals surface area contributed by atoms with Crippen LogP contribution >= 0.6 is 12.4 Å². The van der Waals surface area contributed by atoms with E-state index in [0.717, 1.165) is 12.0 Å². The third kappa shape index (κ3) is 3.48. The molecule has 0 aromatic heterocycles. The van der Waals surface area contributed by atoms with Crippen LogP contribution in [0.5, 0.6) is 0 Å². The van der Waals surface area contributed by atoms with Gasteiger partial charge in [-0.3, -0.25) is 4.79 Å². The number of benzene rings is 1. The van der Waals surface area contributed by atoms with Gasteiger partial charge >= 0.3 is 0 Å². The second-order valence-corrected chi connectivity index (χ2v) is 9.03. The topological polar surface area (TPSA) is 92.9 Å². The van der Waals surface area contributed by atoms with Crippen LogP contribution in [0.3, 0.4) is 0 Å². The SMILES string of the molecule is CN(C)S(=O)(=O)c1ccc2c(c1)N(C(=O)C1(CN)CCOCC1)CC2.Cl. The lowest BCUT2D eigenvalue weighted by molar-refractivity contribution is -0.132. The average molecular weight is 404 g/mol. The number of carbonyl (C=O) groups excluding carboxylic acids is 1. The molecule has 7 nitrogen and oxygen atoms in total. The number of halogens is 1. The molecule has 2 aliphatic heterocycles. The highest BCUT2D eigenvalue weighted by molar-refractivity contribution is 7.89. The van der Waals surface area contributed by atoms with Crippen LogP contribution in [-0.2, 0) is 26.0 Å². The van der Waals surface area contributed by atoms with Crippen molar-refractivity contribution < 1.29 is 17.9 Å². The molecule has 1 aromatic carbocycles. The van der Waals surface area contributed by atoms with Crippen LogP contribution in [0.15, 0.2) is 23.1 Å². The van der Waals surface area contributed by atoms with E-state index >= 15 is 0 Å². The van der Waals surface area contributed by atoms with Crippen molar-refractivity contribution in [3.8, 4) is 0 Å². The molecule has 1 aromatic rings. The summed E-state index contributed by atoms with van der Waals surface area (Å²) >= 11 is 0. The maximum atomic E-state index is 13.2. The molecular formula is C17H26ClN3O4S. The fourth-order valence-electron chi connectivity index (χ4n) is 3.49. The molecule has 26 heavy (non-hydrogen) atoms. The number of ether oxygens (including phenoxy) is 1. The van der Waals surface area contributed by atoms with Gasteiger partial charge in [0.25, 0.3) is 0 Å². The summed E-state index contributed by atoms with van der Waals surface area (Å²) in [6.45, 7) is 1.89. The number of hydrogen-bond donors (Lipinski definition) is 1. The molecule has 0 saturated carbocycles. The van der Waals surface area contributed by atoms with Crippen LogP contribution in [0.4, 0.5) is 5.69 Å². The van der Waals surface area contributed by atoms with Gasteiger partial charge in [0, 0.05) is 46.1 Å². The van der Waals surface area contributed by atoms with Crippen LogP contribution in [0.2, 0.25) is 0 Å². The van der Waals surface area contributed by atoms with Gasteiger partial charge in [-0.2, -0.15) is 0 Å². The van der Waals surface area contributed by atoms with E-state index in [4.69, 9.17) is 10.5 Å². The molecule has 0 bridgehead atoms. The lowest BCUT2D eigenvalue weighted by atomic mass is 9.79. The van der Waals surface area contributed by atoms with Crippen molar-refractivity contribution in [2.45, 2.75) is 24.2 Å². The summed E-state index contributed by atoms with van der Waals surface area (Å²) in [6.07, 6.45) is 1.92. The Hall–Kier alpha value is -1.19. The van der Waals surface area contributed by atoms with Crippen molar-refractivity contribution in [1.29, 1.82) is 0 Å². The Bertz CT molecular complexity index is 776. The molecule has 146 valence electrons. The molecule has 2 heterocycles. The molecule has 1 saturated heterocycles. The first-order chi connectivity index (χ1) is 11.8. The number of sulfonamides is 1. The smallest absolute Gasteiger partial charge is 0.242 e. The maximum absolute atomic E-state index is 13.2. The highest BCUT2D eigenvalue weighted by Gasteiger charge is 2.43. The normalized spacial score (nSPS) is 19.2. The Labute approximate surface area is 160 Å². The van der Waals surface area contributed by atoms with E-state index in [1.807, 2.05) is 0 Å². The van der Waals surface area contributed by atoms with E-state index in [1.54, 1.807) is 23.1 Å². The summed E-state index contributed by atoms with van der Waals surface area (Å²) in [4.78, 5) is 15.2. The number of carbonyl (C=O) groups is 1. The molecular weight excluding hydrogens is 378 g/mol. The first-order valence-corrected chi connectivity index (χ1v) is 9.91. The lowest BCUT2D eigenvalue weighted by Crippen LogP contribution is -2.50. The van der Waals surface area contributed by atoms with Crippen molar-refractivity contribution in [2.75, 3.05) is 45.3 Å². The Morgan fingerprint density at radius 1 is 1.31 bits per heavy atom. The van der Waals surface area contributed by atoms with E-state index in [-0.39, 0.29) is 29.8 Å². The molecule has 0 spiro atoms. The number of nitrogens with two attached hydrogens (primary N) is 1. The maximum Gasteiger partial charge on any atom is 0.242 e. The minimum absolute atomic E-state index is 0. The summed E-state index contributed by atoms with van der Waals surface area (Å²) in [5.41, 5.74) is 7.02. The minimum Gasteiger partial charge on any atom is -0.381 e. The Balaban J connectivity index is 0.00000243. The number of amides is 1. The first-order valence-electron chi connectivity index (χ1n) is 8.47. The minimum atomic E-state index is -3.54. The molecule has 2 N–H and O–H groups in total. The first kappa shape index (κ1) is 21.1. The molecule has 0 atom stereocenters. The molecule has 0 aliphatic carbocycles. The molecule has 2 aliphatic rings. The number of hydrogen-bond acceptors (Lipinski definition) is 5. The molecule has 1 fully saturated rings. The van der Waals surface area contributed by atoms with Crippen LogP contribution < -0.4 is 10.6 Å². The highest BCUT2D eigenvalue weighted by Crippen LogP contribution is 2.38. The third-order valence-corrected chi connectivity index (χ3v) is 7.08. The van der Waals surface area contributed by atoms with Gasteiger partial charge in [-0.15, -0.1) is 12.4 Å². The molecule has 3 rings (SSSR count). The second-order valence-electron chi connectivity index (χ2n) is 6.88. The van der Waals surface area contributed by atoms with Crippen LogP contribution in [0, 0.1) is 5.41 Å². The van der Waals surface area contributed by atoms with Crippen molar-refractivity contribution >= 4 is 34.0 Å². The summed E-state index contributed by atoms with van der Waals surface area (Å²) in [5.74, 6) is -0.0172. The van der Waals surface area contributed by atoms with Crippen LogP contribution in [-0.4, -0.2) is 59.0 Å². The second kappa shape index (κ2) is 7.82. The standard InChI is InChI=1S/C17H25N3O4S.ClH/c1-19(2)25(22,23)14-4-3-13-5-8-20(15(13)11-14)16(21)17(12-18)6-9-24-10-7-17;/h3-4,11H,5-10,12,18H2,1-2H3;1H. The fraction of sp³-hybridized carbons (Fsp3) is 0.588. The van der Waals surface area contributed by atoms with E-state index in [9.17, 15) is 13.2 Å².